The van der Waals surface area contributed by atoms with Crippen LogP contribution in [0.1, 0.15) is 32.9 Å². The van der Waals surface area contributed by atoms with Crippen LogP contribution in [0.15, 0.2) is 48.7 Å². The Kier molecular flexibility index (Phi) is 4.24. The average Bonchev–Trinajstić information content (AvgIpc) is 3.20. The lowest BCUT2D eigenvalue weighted by Gasteiger charge is -2.11. The molecular weight excluding hydrogens is 338 g/mol. The first kappa shape index (κ1) is 17.0. The molecule has 0 atom stereocenters. The molecule has 27 heavy (non-hydrogen) atoms. The van der Waals surface area contributed by atoms with Gasteiger partial charge in [0.1, 0.15) is 11.5 Å². The van der Waals surface area contributed by atoms with Crippen molar-refractivity contribution < 1.29 is 4.79 Å². The van der Waals surface area contributed by atoms with Crippen LogP contribution in [0.3, 0.4) is 0 Å². The molecule has 0 radical (unpaired) electrons. The van der Waals surface area contributed by atoms with Crippen LogP contribution in [0.5, 0.6) is 0 Å². The number of H-pyrrole nitrogens is 1. The van der Waals surface area contributed by atoms with Crippen LogP contribution in [0.2, 0.25) is 0 Å². The number of amides is 1. The normalized spacial score (nSPS) is 11.1. The van der Waals surface area contributed by atoms with Crippen LogP contribution in [0.4, 0.5) is 5.82 Å². The fourth-order valence-electron chi connectivity index (χ4n) is 3.25. The minimum atomic E-state index is -0.236. The first-order chi connectivity index (χ1) is 13.0. The van der Waals surface area contributed by atoms with Gasteiger partial charge in [-0.05, 0) is 49.6 Å². The van der Waals surface area contributed by atoms with E-state index in [1.54, 1.807) is 6.20 Å². The Balaban J connectivity index is 1.68. The van der Waals surface area contributed by atoms with Crippen molar-refractivity contribution in [3.05, 3.63) is 76.7 Å². The van der Waals surface area contributed by atoms with E-state index >= 15 is 0 Å². The standard InChI is InChI=1S/C21H21N5O/c1-13-9-18-17(10-15(3)26(18)12-16-7-5-4-6-8-16)23-20(13)24-21(27)19-14(2)11-22-25-19/h4-11H,12H2,1-3H3,(H,22,25)(H,23,24,27). The number of carbonyl (C=O) groups excluding carboxylic acids is 1. The number of aromatic amines is 1. The molecule has 0 aliphatic rings. The second kappa shape index (κ2) is 6.72. The predicted molar refractivity (Wildman–Crippen MR) is 106 cm³/mol. The molecule has 4 rings (SSSR count). The molecule has 2 N–H and O–H groups in total. The molecule has 0 saturated carbocycles. The van der Waals surface area contributed by atoms with Gasteiger partial charge in [-0.3, -0.25) is 9.89 Å². The van der Waals surface area contributed by atoms with Crippen molar-refractivity contribution in [2.75, 3.05) is 5.32 Å². The third-order valence-electron chi connectivity index (χ3n) is 4.75. The lowest BCUT2D eigenvalue weighted by atomic mass is 10.2. The highest BCUT2D eigenvalue weighted by atomic mass is 16.2. The highest BCUT2D eigenvalue weighted by molar-refractivity contribution is 6.04. The molecule has 0 fully saturated rings. The number of rotatable bonds is 4. The van der Waals surface area contributed by atoms with Crippen molar-refractivity contribution in [1.82, 2.24) is 19.7 Å². The second-order valence-electron chi connectivity index (χ2n) is 6.80. The number of nitrogens with zero attached hydrogens (tertiary/aromatic N) is 3. The van der Waals surface area contributed by atoms with E-state index in [-0.39, 0.29) is 5.91 Å². The maximum Gasteiger partial charge on any atom is 0.275 e. The van der Waals surface area contributed by atoms with E-state index in [4.69, 9.17) is 4.98 Å². The number of aromatic nitrogens is 4. The van der Waals surface area contributed by atoms with Gasteiger partial charge in [0.25, 0.3) is 5.91 Å². The second-order valence-corrected chi connectivity index (χ2v) is 6.80. The molecule has 0 aliphatic carbocycles. The molecule has 0 saturated heterocycles. The summed E-state index contributed by atoms with van der Waals surface area (Å²) < 4.78 is 2.25. The van der Waals surface area contributed by atoms with Crippen LogP contribution in [-0.4, -0.2) is 25.7 Å². The van der Waals surface area contributed by atoms with Crippen LogP contribution < -0.4 is 5.32 Å². The first-order valence-electron chi connectivity index (χ1n) is 8.85. The third kappa shape index (κ3) is 3.21. The van der Waals surface area contributed by atoms with Gasteiger partial charge in [0.05, 0.1) is 17.2 Å². The lowest BCUT2D eigenvalue weighted by molar-refractivity contribution is 0.102. The molecular formula is C21H21N5O. The number of benzene rings is 1. The summed E-state index contributed by atoms with van der Waals surface area (Å²) >= 11 is 0. The monoisotopic (exact) mass is 359 g/mol. The van der Waals surface area contributed by atoms with Crippen molar-refractivity contribution in [2.24, 2.45) is 0 Å². The Morgan fingerprint density at radius 3 is 2.59 bits per heavy atom. The van der Waals surface area contributed by atoms with Crippen LogP contribution in [0, 0.1) is 20.8 Å². The largest absolute Gasteiger partial charge is 0.339 e. The van der Waals surface area contributed by atoms with Crippen LogP contribution in [0.25, 0.3) is 11.0 Å². The van der Waals surface area contributed by atoms with Gasteiger partial charge < -0.3 is 9.88 Å². The van der Waals surface area contributed by atoms with Gasteiger partial charge in [-0.2, -0.15) is 5.10 Å². The Labute approximate surface area is 157 Å². The van der Waals surface area contributed by atoms with Crippen molar-refractivity contribution in [1.29, 1.82) is 0 Å². The predicted octanol–water partition coefficient (Wildman–Crippen LogP) is 3.99. The maximum atomic E-state index is 12.5. The highest BCUT2D eigenvalue weighted by Crippen LogP contribution is 2.25. The van der Waals surface area contributed by atoms with E-state index in [0.29, 0.717) is 11.5 Å². The Morgan fingerprint density at radius 1 is 1.11 bits per heavy atom. The van der Waals surface area contributed by atoms with Crippen molar-refractivity contribution in [3.8, 4) is 0 Å². The van der Waals surface area contributed by atoms with Gasteiger partial charge in [-0.25, -0.2) is 4.98 Å². The molecule has 1 amide bonds. The molecule has 3 heterocycles. The number of hydrogen-bond donors (Lipinski definition) is 2. The fraction of sp³-hybridized carbons (Fsp3) is 0.190. The van der Waals surface area contributed by atoms with Crippen LogP contribution >= 0.6 is 0 Å². The molecule has 0 bridgehead atoms. The Bertz CT molecular complexity index is 1120. The lowest BCUT2D eigenvalue weighted by Crippen LogP contribution is -2.15. The van der Waals surface area contributed by atoms with Crippen LogP contribution in [-0.2, 0) is 6.54 Å². The quantitative estimate of drug-likeness (QED) is 0.578. The summed E-state index contributed by atoms with van der Waals surface area (Å²) in [5.41, 5.74) is 6.47. The zero-order chi connectivity index (χ0) is 19.0. The molecule has 0 unspecified atom stereocenters. The van der Waals surface area contributed by atoms with E-state index in [9.17, 15) is 4.79 Å². The summed E-state index contributed by atoms with van der Waals surface area (Å²) in [4.78, 5) is 17.2. The van der Waals surface area contributed by atoms with Gasteiger partial charge in [0.15, 0.2) is 0 Å². The van der Waals surface area contributed by atoms with Gasteiger partial charge in [-0.15, -0.1) is 0 Å². The molecule has 0 aliphatic heterocycles. The fourth-order valence-corrected chi connectivity index (χ4v) is 3.25. The summed E-state index contributed by atoms with van der Waals surface area (Å²) in [7, 11) is 0. The number of carbonyl (C=O) groups is 1. The van der Waals surface area contributed by atoms with E-state index in [1.807, 2.05) is 32.0 Å². The SMILES string of the molecule is Cc1cc2c(cc(C)n2Cc2ccccc2)nc1NC(=O)c1[nH]ncc1C. The number of hydrogen-bond acceptors (Lipinski definition) is 3. The minimum Gasteiger partial charge on any atom is -0.339 e. The number of aryl methyl sites for hydroxylation is 3. The molecule has 136 valence electrons. The number of fused-ring (bicyclic) bond motifs is 1. The van der Waals surface area contributed by atoms with Gasteiger partial charge in [0, 0.05) is 12.2 Å². The summed E-state index contributed by atoms with van der Waals surface area (Å²) in [6.07, 6.45) is 1.63. The van der Waals surface area contributed by atoms with Crippen molar-refractivity contribution >= 4 is 22.8 Å². The Hall–Kier alpha value is -3.41. The zero-order valence-electron chi connectivity index (χ0n) is 15.6. The van der Waals surface area contributed by atoms with Gasteiger partial charge in [0.2, 0.25) is 0 Å². The van der Waals surface area contributed by atoms with E-state index in [0.717, 1.165) is 34.4 Å². The highest BCUT2D eigenvalue weighted by Gasteiger charge is 2.15. The summed E-state index contributed by atoms with van der Waals surface area (Å²) in [5.74, 6) is 0.332. The zero-order valence-corrected chi connectivity index (χ0v) is 15.6. The first-order valence-corrected chi connectivity index (χ1v) is 8.85. The number of pyridine rings is 1. The van der Waals surface area contributed by atoms with Gasteiger partial charge in [-0.1, -0.05) is 30.3 Å². The Morgan fingerprint density at radius 2 is 1.89 bits per heavy atom. The average molecular weight is 359 g/mol. The molecule has 6 heteroatoms. The molecule has 3 aromatic heterocycles. The molecule has 4 aromatic rings. The maximum absolute atomic E-state index is 12.5. The van der Waals surface area contributed by atoms with E-state index in [2.05, 4.69) is 51.3 Å². The number of anilines is 1. The van der Waals surface area contributed by atoms with Crippen molar-refractivity contribution in [3.63, 3.8) is 0 Å². The minimum absolute atomic E-state index is 0.236. The molecule has 0 spiro atoms. The third-order valence-corrected chi connectivity index (χ3v) is 4.75. The van der Waals surface area contributed by atoms with E-state index < -0.39 is 0 Å². The number of nitrogens with one attached hydrogen (secondary N) is 2. The molecule has 1 aromatic carbocycles. The summed E-state index contributed by atoms with van der Waals surface area (Å²) in [6, 6.07) is 14.5. The topological polar surface area (TPSA) is 75.6 Å². The molecule has 6 nitrogen and oxygen atoms in total. The smallest absolute Gasteiger partial charge is 0.275 e. The summed E-state index contributed by atoms with van der Waals surface area (Å²) in [5, 5.41) is 9.52. The van der Waals surface area contributed by atoms with Gasteiger partial charge >= 0.3 is 0 Å². The van der Waals surface area contributed by atoms with E-state index in [1.165, 1.54) is 5.56 Å². The summed E-state index contributed by atoms with van der Waals surface area (Å²) in [6.45, 7) is 6.66. The van der Waals surface area contributed by atoms with Crippen molar-refractivity contribution in [2.45, 2.75) is 27.3 Å².